The first kappa shape index (κ1) is 25.3. The van der Waals surface area contributed by atoms with E-state index in [0.29, 0.717) is 10.7 Å². The Labute approximate surface area is 223 Å². The van der Waals surface area contributed by atoms with Gasteiger partial charge in [0.05, 0.1) is 37.6 Å². The second kappa shape index (κ2) is 11.0. The number of hydrogen-bond donors (Lipinski definition) is 0. The van der Waals surface area contributed by atoms with Crippen LogP contribution in [0, 0.1) is 0 Å². The zero-order valence-corrected chi connectivity index (χ0v) is 22.1. The first-order valence-corrected chi connectivity index (χ1v) is 14.4. The van der Waals surface area contributed by atoms with Gasteiger partial charge in [-0.2, -0.15) is 5.10 Å². The summed E-state index contributed by atoms with van der Waals surface area (Å²) in [5.74, 6) is 0. The van der Waals surface area contributed by atoms with Gasteiger partial charge in [-0.25, -0.2) is 22.9 Å². The Morgan fingerprint density at radius 1 is 0.865 bits per heavy atom. The van der Waals surface area contributed by atoms with Gasteiger partial charge in [0.2, 0.25) is 0 Å². The Balaban J connectivity index is 1.43. The van der Waals surface area contributed by atoms with Crippen LogP contribution in [0.3, 0.4) is 0 Å². The number of rotatable bonds is 9. The monoisotopic (exact) mass is 551 g/mol. The van der Waals surface area contributed by atoms with Crippen LogP contribution in [0.15, 0.2) is 96.0 Å². The molecule has 0 spiro atoms. The zero-order chi connectivity index (χ0) is 25.8. The molecule has 3 heterocycles. The predicted molar refractivity (Wildman–Crippen MR) is 144 cm³/mol. The molecule has 37 heavy (non-hydrogen) atoms. The number of thiophene rings is 1. The van der Waals surface area contributed by atoms with Crippen LogP contribution in [-0.4, -0.2) is 29.4 Å². The highest BCUT2D eigenvalue weighted by Gasteiger charge is 2.17. The lowest BCUT2D eigenvalue weighted by atomic mass is 10.2. The van der Waals surface area contributed by atoms with Gasteiger partial charge in [0.1, 0.15) is 13.2 Å². The van der Waals surface area contributed by atoms with Crippen molar-refractivity contribution in [2.24, 2.45) is 0 Å². The van der Waals surface area contributed by atoms with E-state index in [9.17, 15) is 8.42 Å². The molecule has 3 aromatic heterocycles. The molecule has 5 aromatic rings. The summed E-state index contributed by atoms with van der Waals surface area (Å²) >= 11 is 8.04. The van der Waals surface area contributed by atoms with E-state index >= 15 is 0 Å². The molecule has 7 nitrogen and oxygen atoms in total. The fourth-order valence-electron chi connectivity index (χ4n) is 3.68. The van der Waals surface area contributed by atoms with Crippen molar-refractivity contribution in [2.75, 3.05) is 6.26 Å². The number of aromatic nitrogens is 3. The van der Waals surface area contributed by atoms with Crippen molar-refractivity contribution >= 4 is 32.8 Å². The molecule has 0 radical (unpaired) electrons. The van der Waals surface area contributed by atoms with E-state index in [1.165, 1.54) is 17.6 Å². The minimum absolute atomic E-state index is 0.131. The largest absolute Gasteiger partial charge is 0.259 e. The molecule has 0 saturated heterocycles. The van der Waals surface area contributed by atoms with Gasteiger partial charge in [0, 0.05) is 17.3 Å². The summed E-state index contributed by atoms with van der Waals surface area (Å²) in [6.45, 7) is 0.353. The van der Waals surface area contributed by atoms with E-state index in [4.69, 9.17) is 26.5 Å². The lowest BCUT2D eigenvalue weighted by Gasteiger charge is -2.08. The predicted octanol–water partition coefficient (Wildman–Crippen LogP) is 6.37. The second-order valence-corrected chi connectivity index (χ2v) is 11.7. The molecule has 0 bridgehead atoms. The Bertz CT molecular complexity index is 1630. The standard InChI is InChI=1S/C27H22ClN3O4S2/c1-37(32,33)22-9-6-7-19(15-22)26-12-13-27(36-26)25-16-21(18-35-34-17-20-8-4-5-14-29-20)30-31(25)24-11-3-2-10-23(24)28/h2-16H,17-18H2,1H3. The van der Waals surface area contributed by atoms with Gasteiger partial charge in [-0.1, -0.05) is 41.9 Å². The lowest BCUT2D eigenvalue weighted by molar-refractivity contribution is -0.314. The molecule has 0 N–H and O–H groups in total. The molecule has 0 unspecified atom stereocenters. The Hall–Kier alpha value is -3.34. The second-order valence-electron chi connectivity index (χ2n) is 8.19. The molecule has 0 aliphatic heterocycles. The SMILES string of the molecule is CS(=O)(=O)c1cccc(-c2ccc(-c3cc(COOCc4ccccn4)nn3-c3ccccc3Cl)s2)c1. The van der Waals surface area contributed by atoms with Crippen LogP contribution in [0.2, 0.25) is 5.02 Å². The highest BCUT2D eigenvalue weighted by atomic mass is 35.5. The molecule has 0 aliphatic rings. The van der Waals surface area contributed by atoms with E-state index < -0.39 is 9.84 Å². The maximum Gasteiger partial charge on any atom is 0.175 e. The Morgan fingerprint density at radius 3 is 2.38 bits per heavy atom. The Morgan fingerprint density at radius 2 is 1.62 bits per heavy atom. The molecule has 0 aliphatic carbocycles. The molecular weight excluding hydrogens is 530 g/mol. The van der Waals surface area contributed by atoms with Crippen LogP contribution in [-0.2, 0) is 32.8 Å². The first-order valence-electron chi connectivity index (χ1n) is 11.3. The van der Waals surface area contributed by atoms with E-state index in [1.54, 1.807) is 29.1 Å². The van der Waals surface area contributed by atoms with E-state index in [-0.39, 0.29) is 18.1 Å². The number of pyridine rings is 1. The molecule has 5 rings (SSSR count). The zero-order valence-electron chi connectivity index (χ0n) is 19.7. The fourth-order valence-corrected chi connectivity index (χ4v) is 5.57. The number of para-hydroxylation sites is 1. The average Bonchev–Trinajstić information content (AvgIpc) is 3.55. The summed E-state index contributed by atoms with van der Waals surface area (Å²) in [6.07, 6.45) is 2.90. The van der Waals surface area contributed by atoms with Gasteiger partial charge in [0.25, 0.3) is 0 Å². The van der Waals surface area contributed by atoms with Crippen molar-refractivity contribution in [3.05, 3.63) is 108 Å². The van der Waals surface area contributed by atoms with Gasteiger partial charge < -0.3 is 0 Å². The van der Waals surface area contributed by atoms with Gasteiger partial charge in [-0.3, -0.25) is 4.98 Å². The summed E-state index contributed by atoms with van der Waals surface area (Å²) in [4.78, 5) is 17.1. The lowest BCUT2D eigenvalue weighted by Crippen LogP contribution is -2.01. The smallest absolute Gasteiger partial charge is 0.175 e. The summed E-state index contributed by atoms with van der Waals surface area (Å²) in [7, 11) is -3.31. The third-order valence-electron chi connectivity index (χ3n) is 5.47. The molecule has 0 atom stereocenters. The highest BCUT2D eigenvalue weighted by Crippen LogP contribution is 2.37. The van der Waals surface area contributed by atoms with Crippen molar-refractivity contribution in [2.45, 2.75) is 18.1 Å². The van der Waals surface area contributed by atoms with Crippen molar-refractivity contribution < 1.29 is 18.2 Å². The summed E-state index contributed by atoms with van der Waals surface area (Å²) in [6, 6.07) is 25.9. The first-order chi connectivity index (χ1) is 17.9. The molecule has 188 valence electrons. The number of sulfone groups is 1. The van der Waals surface area contributed by atoms with Crippen molar-refractivity contribution in [1.82, 2.24) is 14.8 Å². The van der Waals surface area contributed by atoms with E-state index in [0.717, 1.165) is 32.4 Å². The van der Waals surface area contributed by atoms with Crippen molar-refractivity contribution in [1.29, 1.82) is 0 Å². The number of benzene rings is 2. The van der Waals surface area contributed by atoms with Gasteiger partial charge in [-0.15, -0.1) is 11.3 Å². The minimum Gasteiger partial charge on any atom is -0.259 e. The highest BCUT2D eigenvalue weighted by molar-refractivity contribution is 7.90. The summed E-state index contributed by atoms with van der Waals surface area (Å²) < 4.78 is 25.8. The molecule has 2 aromatic carbocycles. The Kier molecular flexibility index (Phi) is 7.50. The number of hydrogen-bond acceptors (Lipinski definition) is 7. The van der Waals surface area contributed by atoms with Crippen molar-refractivity contribution in [3.8, 4) is 26.7 Å². The number of halogens is 1. The average molecular weight is 552 g/mol. The van der Waals surface area contributed by atoms with Crippen molar-refractivity contribution in [3.63, 3.8) is 0 Å². The van der Waals surface area contributed by atoms with E-state index in [2.05, 4.69) is 4.98 Å². The maximum absolute atomic E-state index is 12.0. The van der Waals surface area contributed by atoms with Crippen LogP contribution >= 0.6 is 22.9 Å². The normalized spacial score (nSPS) is 11.6. The molecular formula is C27H22ClN3O4S2. The van der Waals surface area contributed by atoms with E-state index in [1.807, 2.05) is 66.7 Å². The van der Waals surface area contributed by atoms with Gasteiger partial charge in [-0.05, 0) is 60.2 Å². The maximum atomic E-state index is 12.0. The van der Waals surface area contributed by atoms with Crippen LogP contribution in [0.25, 0.3) is 26.7 Å². The number of nitrogens with zero attached hydrogens (tertiary/aromatic N) is 3. The van der Waals surface area contributed by atoms with Crippen LogP contribution < -0.4 is 0 Å². The van der Waals surface area contributed by atoms with Crippen LogP contribution in [0.5, 0.6) is 0 Å². The third kappa shape index (κ3) is 5.98. The van der Waals surface area contributed by atoms with Gasteiger partial charge in [0.15, 0.2) is 9.84 Å². The van der Waals surface area contributed by atoms with Crippen LogP contribution in [0.4, 0.5) is 0 Å². The van der Waals surface area contributed by atoms with Crippen LogP contribution in [0.1, 0.15) is 11.4 Å². The quantitative estimate of drug-likeness (QED) is 0.120. The van der Waals surface area contributed by atoms with Gasteiger partial charge >= 0.3 is 0 Å². The molecule has 10 heteroatoms. The topological polar surface area (TPSA) is 83.3 Å². The third-order valence-corrected chi connectivity index (χ3v) is 8.06. The summed E-state index contributed by atoms with van der Waals surface area (Å²) in [5.41, 5.74) is 3.80. The molecule has 0 amide bonds. The minimum atomic E-state index is -3.31. The molecule has 0 saturated carbocycles. The molecule has 0 fully saturated rings. The fraction of sp³-hybridized carbons (Fsp3) is 0.111. The summed E-state index contributed by atoms with van der Waals surface area (Å²) in [5, 5.41) is 5.29.